The van der Waals surface area contributed by atoms with Crippen LogP contribution in [-0.4, -0.2) is 46.5 Å². The van der Waals surface area contributed by atoms with Gasteiger partial charge in [0, 0.05) is 42.5 Å². The van der Waals surface area contributed by atoms with Gasteiger partial charge in [-0.15, -0.1) is 10.2 Å². The van der Waals surface area contributed by atoms with Crippen LogP contribution in [0.2, 0.25) is 5.02 Å². The number of benzene rings is 2. The average Bonchev–Trinajstić information content (AvgIpc) is 3.31. The predicted molar refractivity (Wildman–Crippen MR) is 117 cm³/mol. The van der Waals surface area contributed by atoms with Gasteiger partial charge in [0.15, 0.2) is 11.5 Å². The Labute approximate surface area is 183 Å². The van der Waals surface area contributed by atoms with Crippen LogP contribution in [0.5, 0.6) is 0 Å². The van der Waals surface area contributed by atoms with E-state index in [0.29, 0.717) is 22.4 Å². The smallest absolute Gasteiger partial charge is 0.278 e. The van der Waals surface area contributed by atoms with Gasteiger partial charge in [0.05, 0.1) is 0 Å². The minimum Gasteiger partial charge on any atom is -0.368 e. The van der Waals surface area contributed by atoms with Gasteiger partial charge >= 0.3 is 0 Å². The molecule has 0 atom stereocenters. The predicted octanol–water partition coefficient (Wildman–Crippen LogP) is 4.31. The summed E-state index contributed by atoms with van der Waals surface area (Å²) in [6.45, 7) is 3.24. The minimum absolute atomic E-state index is 0.223. The highest BCUT2D eigenvalue weighted by atomic mass is 35.5. The molecule has 4 aromatic rings. The lowest BCUT2D eigenvalue weighted by Crippen LogP contribution is -2.46. The van der Waals surface area contributed by atoms with Crippen molar-refractivity contribution < 1.29 is 8.91 Å². The van der Waals surface area contributed by atoms with E-state index >= 15 is 0 Å². The van der Waals surface area contributed by atoms with E-state index in [4.69, 9.17) is 16.1 Å². The number of nitrogens with zero attached hydrogens (tertiary/aromatic N) is 6. The van der Waals surface area contributed by atoms with Crippen molar-refractivity contribution in [2.45, 2.75) is 0 Å². The summed E-state index contributed by atoms with van der Waals surface area (Å²) < 4.78 is 18.5. The zero-order valence-corrected chi connectivity index (χ0v) is 17.2. The average molecular weight is 437 g/mol. The monoisotopic (exact) mass is 436 g/mol. The largest absolute Gasteiger partial charge is 0.368 e. The first-order valence-electron chi connectivity index (χ1n) is 9.85. The summed E-state index contributed by atoms with van der Waals surface area (Å²) >= 11 is 5.92. The van der Waals surface area contributed by atoms with Crippen LogP contribution in [0.25, 0.3) is 23.0 Å². The second kappa shape index (κ2) is 8.31. The molecule has 1 saturated heterocycles. The highest BCUT2D eigenvalue weighted by Gasteiger charge is 2.19. The van der Waals surface area contributed by atoms with E-state index in [-0.39, 0.29) is 5.82 Å². The normalized spacial score (nSPS) is 14.1. The Bertz CT molecular complexity index is 1160. The van der Waals surface area contributed by atoms with E-state index in [1.807, 2.05) is 36.4 Å². The SMILES string of the molecule is Fc1ccc(N2CCN(c3ccc(-c4nc(-c5ccc(Cl)cc5)no4)nn3)CC2)cc1. The molecule has 1 aliphatic rings. The molecule has 2 aromatic heterocycles. The summed E-state index contributed by atoms with van der Waals surface area (Å²) in [5.41, 5.74) is 2.35. The van der Waals surface area contributed by atoms with E-state index in [1.54, 1.807) is 12.1 Å². The summed E-state index contributed by atoms with van der Waals surface area (Å²) in [5, 5.41) is 13.3. The van der Waals surface area contributed by atoms with Gasteiger partial charge in [-0.1, -0.05) is 16.8 Å². The van der Waals surface area contributed by atoms with Crippen molar-refractivity contribution in [3.05, 3.63) is 71.5 Å². The molecule has 5 rings (SSSR count). The number of hydrogen-bond acceptors (Lipinski definition) is 7. The lowest BCUT2D eigenvalue weighted by Gasteiger charge is -2.36. The van der Waals surface area contributed by atoms with Gasteiger partial charge < -0.3 is 14.3 Å². The standard InChI is InChI=1S/C22H18ClFN6O/c23-16-3-1-15(2-4-16)21-25-22(31-28-21)19-9-10-20(27-26-19)30-13-11-29(12-14-30)18-7-5-17(24)6-8-18/h1-10H,11-14H2. The topological polar surface area (TPSA) is 71.2 Å². The Morgan fingerprint density at radius 3 is 2.19 bits per heavy atom. The Kier molecular flexibility index (Phi) is 5.21. The van der Waals surface area contributed by atoms with Crippen LogP contribution in [0.1, 0.15) is 0 Å². The Morgan fingerprint density at radius 1 is 0.806 bits per heavy atom. The molecule has 0 N–H and O–H groups in total. The van der Waals surface area contributed by atoms with Crippen molar-refractivity contribution in [3.8, 4) is 23.0 Å². The third kappa shape index (κ3) is 4.20. The molecule has 0 unspecified atom stereocenters. The van der Waals surface area contributed by atoms with Crippen LogP contribution in [0.15, 0.2) is 65.2 Å². The van der Waals surface area contributed by atoms with Gasteiger partial charge in [-0.2, -0.15) is 4.98 Å². The molecular weight excluding hydrogens is 419 g/mol. The van der Waals surface area contributed by atoms with Crippen molar-refractivity contribution >= 4 is 23.1 Å². The maximum atomic E-state index is 13.1. The lowest BCUT2D eigenvalue weighted by molar-refractivity contribution is 0.430. The molecule has 7 nitrogen and oxygen atoms in total. The molecule has 1 aliphatic heterocycles. The maximum Gasteiger partial charge on any atom is 0.278 e. The lowest BCUT2D eigenvalue weighted by atomic mass is 10.2. The van der Waals surface area contributed by atoms with E-state index in [0.717, 1.165) is 43.2 Å². The quantitative estimate of drug-likeness (QED) is 0.472. The van der Waals surface area contributed by atoms with E-state index in [2.05, 4.69) is 30.1 Å². The Balaban J connectivity index is 1.24. The number of rotatable bonds is 4. The molecule has 2 aromatic carbocycles. The molecule has 0 aliphatic carbocycles. The molecule has 31 heavy (non-hydrogen) atoms. The van der Waals surface area contributed by atoms with Crippen molar-refractivity contribution in [1.82, 2.24) is 20.3 Å². The molecule has 3 heterocycles. The van der Waals surface area contributed by atoms with E-state index in [9.17, 15) is 4.39 Å². The third-order valence-corrected chi connectivity index (χ3v) is 5.45. The Morgan fingerprint density at radius 2 is 1.52 bits per heavy atom. The van der Waals surface area contributed by atoms with Gasteiger partial charge in [0.25, 0.3) is 5.89 Å². The summed E-state index contributed by atoms with van der Waals surface area (Å²) in [6, 6.07) is 17.5. The second-order valence-corrected chi connectivity index (χ2v) is 7.59. The van der Waals surface area contributed by atoms with Gasteiger partial charge in [-0.05, 0) is 60.7 Å². The molecule has 0 saturated carbocycles. The molecule has 156 valence electrons. The molecular formula is C22H18ClFN6O. The van der Waals surface area contributed by atoms with Gasteiger partial charge in [-0.25, -0.2) is 4.39 Å². The number of aromatic nitrogens is 4. The van der Waals surface area contributed by atoms with E-state index in [1.165, 1.54) is 12.1 Å². The minimum atomic E-state index is -0.223. The van der Waals surface area contributed by atoms with Crippen LogP contribution in [0.4, 0.5) is 15.9 Å². The van der Waals surface area contributed by atoms with Gasteiger partial charge in [0.1, 0.15) is 5.82 Å². The van der Waals surface area contributed by atoms with Crippen molar-refractivity contribution in [3.63, 3.8) is 0 Å². The molecule has 0 bridgehead atoms. The summed E-state index contributed by atoms with van der Waals surface area (Å²) in [4.78, 5) is 8.80. The van der Waals surface area contributed by atoms with Crippen molar-refractivity contribution in [2.75, 3.05) is 36.0 Å². The second-order valence-electron chi connectivity index (χ2n) is 7.16. The molecule has 9 heteroatoms. The summed E-state index contributed by atoms with van der Waals surface area (Å²) in [6.07, 6.45) is 0. The van der Waals surface area contributed by atoms with Gasteiger partial charge in [0.2, 0.25) is 5.82 Å². The van der Waals surface area contributed by atoms with Crippen molar-refractivity contribution in [2.24, 2.45) is 0 Å². The zero-order chi connectivity index (χ0) is 21.2. The Hall–Kier alpha value is -3.52. The molecule has 0 radical (unpaired) electrons. The van der Waals surface area contributed by atoms with Crippen molar-refractivity contribution in [1.29, 1.82) is 0 Å². The number of halogens is 2. The number of hydrogen-bond donors (Lipinski definition) is 0. The van der Waals surface area contributed by atoms with Crippen LogP contribution >= 0.6 is 11.6 Å². The number of piperazine rings is 1. The molecule has 0 amide bonds. The van der Waals surface area contributed by atoms with Crippen LogP contribution in [-0.2, 0) is 0 Å². The summed E-state index contributed by atoms with van der Waals surface area (Å²) in [7, 11) is 0. The van der Waals surface area contributed by atoms with Crippen LogP contribution in [0.3, 0.4) is 0 Å². The van der Waals surface area contributed by atoms with E-state index < -0.39 is 0 Å². The molecule has 1 fully saturated rings. The van der Waals surface area contributed by atoms with Gasteiger partial charge in [-0.3, -0.25) is 0 Å². The highest BCUT2D eigenvalue weighted by Crippen LogP contribution is 2.24. The zero-order valence-electron chi connectivity index (χ0n) is 16.4. The maximum absolute atomic E-state index is 13.1. The summed E-state index contributed by atoms with van der Waals surface area (Å²) in [5.74, 6) is 1.35. The first kappa shape index (κ1) is 19.4. The first-order valence-corrected chi connectivity index (χ1v) is 10.2. The highest BCUT2D eigenvalue weighted by molar-refractivity contribution is 6.30. The third-order valence-electron chi connectivity index (χ3n) is 5.19. The number of anilines is 2. The fraction of sp³-hybridized carbons (Fsp3) is 0.182. The van der Waals surface area contributed by atoms with Crippen LogP contribution in [0, 0.1) is 5.82 Å². The molecule has 0 spiro atoms. The fourth-order valence-electron chi connectivity index (χ4n) is 3.50. The fourth-order valence-corrected chi connectivity index (χ4v) is 3.62. The first-order chi connectivity index (χ1) is 15.2. The van der Waals surface area contributed by atoms with Crippen LogP contribution < -0.4 is 9.80 Å².